The standard InChI is InChI=1S/C16H23N3O3/c1-12-7-10-19(11-8-12)15(20)14(18-16(21)22)6-5-13-4-2-3-9-17-13/h2-4,9,12,14,18H,5-8,10-11H2,1H3,(H,21,22). The minimum Gasteiger partial charge on any atom is -0.465 e. The third-order valence-electron chi connectivity index (χ3n) is 4.11. The molecule has 0 aromatic carbocycles. The van der Waals surface area contributed by atoms with Crippen molar-refractivity contribution < 1.29 is 14.7 Å². The van der Waals surface area contributed by atoms with E-state index in [9.17, 15) is 9.59 Å². The van der Waals surface area contributed by atoms with Crippen molar-refractivity contribution >= 4 is 12.0 Å². The van der Waals surface area contributed by atoms with E-state index >= 15 is 0 Å². The van der Waals surface area contributed by atoms with Crippen molar-refractivity contribution in [1.29, 1.82) is 0 Å². The van der Waals surface area contributed by atoms with Gasteiger partial charge in [-0.3, -0.25) is 9.78 Å². The summed E-state index contributed by atoms with van der Waals surface area (Å²) in [6, 6.07) is 4.89. The number of rotatable bonds is 5. The lowest BCUT2D eigenvalue weighted by molar-refractivity contribution is -0.134. The second kappa shape index (κ2) is 7.77. The summed E-state index contributed by atoms with van der Waals surface area (Å²) in [7, 11) is 0. The Labute approximate surface area is 130 Å². The molecule has 1 unspecified atom stereocenters. The zero-order valence-corrected chi connectivity index (χ0v) is 12.9. The number of carbonyl (C=O) groups excluding carboxylic acids is 1. The lowest BCUT2D eigenvalue weighted by Gasteiger charge is -2.33. The van der Waals surface area contributed by atoms with Crippen LogP contribution in [0.2, 0.25) is 0 Å². The van der Waals surface area contributed by atoms with Gasteiger partial charge in [0.25, 0.3) is 0 Å². The first-order valence-corrected chi connectivity index (χ1v) is 7.74. The first-order chi connectivity index (χ1) is 10.6. The summed E-state index contributed by atoms with van der Waals surface area (Å²) in [5, 5.41) is 11.3. The van der Waals surface area contributed by atoms with Crippen molar-refractivity contribution in [2.45, 2.75) is 38.6 Å². The van der Waals surface area contributed by atoms with Crippen LogP contribution in [0.1, 0.15) is 31.9 Å². The molecule has 120 valence electrons. The molecule has 1 atom stereocenters. The fraction of sp³-hybridized carbons (Fsp3) is 0.562. The number of carboxylic acid groups (broad SMARTS) is 1. The van der Waals surface area contributed by atoms with Gasteiger partial charge in [0.05, 0.1) is 0 Å². The van der Waals surface area contributed by atoms with E-state index in [1.54, 1.807) is 11.1 Å². The molecule has 0 aliphatic carbocycles. The summed E-state index contributed by atoms with van der Waals surface area (Å²) in [6.45, 7) is 3.60. The van der Waals surface area contributed by atoms with Gasteiger partial charge in [-0.1, -0.05) is 13.0 Å². The van der Waals surface area contributed by atoms with Gasteiger partial charge in [0.1, 0.15) is 6.04 Å². The number of hydrogen-bond donors (Lipinski definition) is 2. The molecule has 2 heterocycles. The summed E-state index contributed by atoms with van der Waals surface area (Å²) in [5.41, 5.74) is 0.861. The van der Waals surface area contributed by atoms with Crippen LogP contribution in [0.25, 0.3) is 0 Å². The van der Waals surface area contributed by atoms with Gasteiger partial charge in [-0.15, -0.1) is 0 Å². The lowest BCUT2D eigenvalue weighted by atomic mass is 9.98. The maximum Gasteiger partial charge on any atom is 0.405 e. The highest BCUT2D eigenvalue weighted by molar-refractivity contribution is 5.85. The van der Waals surface area contributed by atoms with Crippen molar-refractivity contribution in [3.05, 3.63) is 30.1 Å². The fourth-order valence-electron chi connectivity index (χ4n) is 2.69. The second-order valence-electron chi connectivity index (χ2n) is 5.87. The quantitative estimate of drug-likeness (QED) is 0.870. The fourth-order valence-corrected chi connectivity index (χ4v) is 2.69. The third-order valence-corrected chi connectivity index (χ3v) is 4.11. The zero-order chi connectivity index (χ0) is 15.9. The Hall–Kier alpha value is -2.11. The summed E-state index contributed by atoms with van der Waals surface area (Å²) in [5.74, 6) is 0.508. The molecule has 1 aliphatic heterocycles. The molecule has 0 saturated carbocycles. The molecule has 22 heavy (non-hydrogen) atoms. The minimum atomic E-state index is -1.16. The normalized spacial score (nSPS) is 17.0. The van der Waals surface area contributed by atoms with Crippen LogP contribution in [0.3, 0.4) is 0 Å². The summed E-state index contributed by atoms with van der Waals surface area (Å²) in [6.07, 6.45) is 3.49. The number of nitrogens with one attached hydrogen (secondary N) is 1. The first kappa shape index (κ1) is 16.3. The van der Waals surface area contributed by atoms with Crippen molar-refractivity contribution in [3.8, 4) is 0 Å². The maximum atomic E-state index is 12.5. The van der Waals surface area contributed by atoms with Crippen LogP contribution in [-0.4, -0.2) is 46.1 Å². The van der Waals surface area contributed by atoms with Gasteiger partial charge in [-0.25, -0.2) is 4.79 Å². The van der Waals surface area contributed by atoms with E-state index in [2.05, 4.69) is 17.2 Å². The second-order valence-corrected chi connectivity index (χ2v) is 5.87. The molecule has 6 nitrogen and oxygen atoms in total. The highest BCUT2D eigenvalue weighted by atomic mass is 16.4. The van der Waals surface area contributed by atoms with E-state index in [1.165, 1.54) is 0 Å². The Kier molecular flexibility index (Phi) is 5.75. The predicted molar refractivity (Wildman–Crippen MR) is 82.5 cm³/mol. The molecular formula is C16H23N3O3. The molecule has 0 bridgehead atoms. The average molecular weight is 305 g/mol. The zero-order valence-electron chi connectivity index (χ0n) is 12.9. The largest absolute Gasteiger partial charge is 0.465 e. The van der Waals surface area contributed by atoms with Gasteiger partial charge < -0.3 is 15.3 Å². The number of amides is 2. The van der Waals surface area contributed by atoms with Gasteiger partial charge in [-0.2, -0.15) is 0 Å². The Morgan fingerprint density at radius 1 is 1.41 bits per heavy atom. The topological polar surface area (TPSA) is 82.5 Å². The Balaban J connectivity index is 1.95. The number of aromatic nitrogens is 1. The van der Waals surface area contributed by atoms with Gasteiger partial charge >= 0.3 is 6.09 Å². The summed E-state index contributed by atoms with van der Waals surface area (Å²) in [4.78, 5) is 29.5. The highest BCUT2D eigenvalue weighted by Gasteiger charge is 2.28. The van der Waals surface area contributed by atoms with Crippen LogP contribution in [0.5, 0.6) is 0 Å². The molecule has 2 amide bonds. The number of nitrogens with zero attached hydrogens (tertiary/aromatic N) is 2. The lowest BCUT2D eigenvalue weighted by Crippen LogP contribution is -2.50. The molecule has 1 aliphatic rings. The number of likely N-dealkylation sites (tertiary alicyclic amines) is 1. The average Bonchev–Trinajstić information content (AvgIpc) is 2.52. The van der Waals surface area contributed by atoms with Crippen LogP contribution in [0, 0.1) is 5.92 Å². The molecule has 1 saturated heterocycles. The van der Waals surface area contributed by atoms with Crippen molar-refractivity contribution in [3.63, 3.8) is 0 Å². The van der Waals surface area contributed by atoms with Gasteiger partial charge in [-0.05, 0) is 43.7 Å². The van der Waals surface area contributed by atoms with E-state index in [1.807, 2.05) is 18.2 Å². The van der Waals surface area contributed by atoms with E-state index < -0.39 is 12.1 Å². The van der Waals surface area contributed by atoms with Crippen LogP contribution < -0.4 is 5.32 Å². The maximum absolute atomic E-state index is 12.5. The van der Waals surface area contributed by atoms with Crippen LogP contribution in [0.4, 0.5) is 4.79 Å². The van der Waals surface area contributed by atoms with Crippen molar-refractivity contribution in [2.75, 3.05) is 13.1 Å². The first-order valence-electron chi connectivity index (χ1n) is 7.74. The summed E-state index contributed by atoms with van der Waals surface area (Å²) >= 11 is 0. The highest BCUT2D eigenvalue weighted by Crippen LogP contribution is 2.17. The molecule has 0 spiro atoms. The Bertz CT molecular complexity index is 499. The predicted octanol–water partition coefficient (Wildman–Crippen LogP) is 1.91. The SMILES string of the molecule is CC1CCN(C(=O)C(CCc2ccccn2)NC(=O)O)CC1. The smallest absolute Gasteiger partial charge is 0.405 e. The van der Waals surface area contributed by atoms with Crippen molar-refractivity contribution in [2.24, 2.45) is 5.92 Å². The Morgan fingerprint density at radius 2 is 2.14 bits per heavy atom. The number of carbonyl (C=O) groups is 2. The molecule has 2 N–H and O–H groups in total. The van der Waals surface area contributed by atoms with Crippen LogP contribution in [0.15, 0.2) is 24.4 Å². The van der Waals surface area contributed by atoms with Gasteiger partial charge in [0.2, 0.25) is 5.91 Å². The third kappa shape index (κ3) is 4.72. The number of aryl methyl sites for hydroxylation is 1. The Morgan fingerprint density at radius 3 is 2.73 bits per heavy atom. The van der Waals surface area contributed by atoms with Gasteiger partial charge in [0.15, 0.2) is 0 Å². The van der Waals surface area contributed by atoms with Crippen LogP contribution >= 0.6 is 0 Å². The molecule has 1 aromatic rings. The van der Waals surface area contributed by atoms with E-state index in [0.29, 0.717) is 31.8 Å². The van der Waals surface area contributed by atoms with Crippen LogP contribution in [-0.2, 0) is 11.2 Å². The monoisotopic (exact) mass is 305 g/mol. The van der Waals surface area contributed by atoms with E-state index in [0.717, 1.165) is 18.5 Å². The number of pyridine rings is 1. The van der Waals surface area contributed by atoms with Crippen molar-refractivity contribution in [1.82, 2.24) is 15.2 Å². The number of hydrogen-bond acceptors (Lipinski definition) is 3. The summed E-state index contributed by atoms with van der Waals surface area (Å²) < 4.78 is 0. The number of piperidine rings is 1. The molecule has 2 rings (SSSR count). The van der Waals surface area contributed by atoms with Gasteiger partial charge in [0, 0.05) is 25.0 Å². The minimum absolute atomic E-state index is 0.120. The van der Waals surface area contributed by atoms with E-state index in [4.69, 9.17) is 5.11 Å². The van der Waals surface area contributed by atoms with E-state index in [-0.39, 0.29) is 5.91 Å². The molecular weight excluding hydrogens is 282 g/mol. The molecule has 1 fully saturated rings. The molecule has 1 aromatic heterocycles. The molecule has 6 heteroatoms. The molecule has 0 radical (unpaired) electrons.